The van der Waals surface area contributed by atoms with Crippen molar-refractivity contribution in [2.75, 3.05) is 6.61 Å². The number of hydrogen-bond donors (Lipinski definition) is 1. The monoisotopic (exact) mass is 416 g/mol. The van der Waals surface area contributed by atoms with Crippen LogP contribution in [0.25, 0.3) is 0 Å². The summed E-state index contributed by atoms with van der Waals surface area (Å²) in [7, 11) is 0. The van der Waals surface area contributed by atoms with Gasteiger partial charge in [0.15, 0.2) is 0 Å². The summed E-state index contributed by atoms with van der Waals surface area (Å²) in [5.41, 5.74) is 1.15. The molecule has 170 valence electrons. The van der Waals surface area contributed by atoms with E-state index in [0.29, 0.717) is 13.0 Å². The number of benzene rings is 1. The molecule has 1 N–H and O–H groups in total. The van der Waals surface area contributed by atoms with E-state index in [0.717, 1.165) is 31.2 Å². The van der Waals surface area contributed by atoms with Gasteiger partial charge in [0.25, 0.3) is 0 Å². The first-order valence-corrected chi connectivity index (χ1v) is 12.3. The fourth-order valence-electron chi connectivity index (χ4n) is 3.54. The summed E-state index contributed by atoms with van der Waals surface area (Å²) in [4.78, 5) is 11.8. The van der Waals surface area contributed by atoms with Gasteiger partial charge < -0.3 is 9.84 Å². The molecule has 0 fully saturated rings. The first kappa shape index (κ1) is 26.3. The van der Waals surface area contributed by atoms with Crippen LogP contribution < -0.4 is 0 Å². The molecule has 0 bridgehead atoms. The molecule has 30 heavy (non-hydrogen) atoms. The minimum atomic E-state index is -0.0710. The topological polar surface area (TPSA) is 46.5 Å². The van der Waals surface area contributed by atoms with E-state index >= 15 is 0 Å². The highest BCUT2D eigenvalue weighted by Crippen LogP contribution is 2.12. The largest absolute Gasteiger partial charge is 0.508 e. The lowest BCUT2D eigenvalue weighted by molar-refractivity contribution is -0.143. The van der Waals surface area contributed by atoms with Crippen molar-refractivity contribution >= 4 is 5.97 Å². The predicted octanol–water partition coefficient (Wildman–Crippen LogP) is 7.91. The highest BCUT2D eigenvalue weighted by molar-refractivity contribution is 5.69. The number of carbonyl (C=O) groups is 1. The molecule has 1 aromatic carbocycles. The molecule has 0 aliphatic heterocycles. The van der Waals surface area contributed by atoms with Gasteiger partial charge in [-0.3, -0.25) is 4.79 Å². The van der Waals surface area contributed by atoms with Crippen LogP contribution in [0.1, 0.15) is 109 Å². The minimum Gasteiger partial charge on any atom is -0.508 e. The zero-order valence-electron chi connectivity index (χ0n) is 19.2. The Balaban J connectivity index is 1.82. The number of hydrogen-bond acceptors (Lipinski definition) is 3. The molecule has 0 saturated carbocycles. The maximum Gasteiger partial charge on any atom is 0.305 e. The summed E-state index contributed by atoms with van der Waals surface area (Å²) in [5.74, 6) is 0.212. The molecule has 1 aromatic rings. The summed E-state index contributed by atoms with van der Waals surface area (Å²) in [6, 6.07) is 7.19. The highest BCUT2D eigenvalue weighted by Gasteiger charge is 2.03. The van der Waals surface area contributed by atoms with Crippen LogP contribution in [0, 0.1) is 0 Å². The number of phenols is 1. The van der Waals surface area contributed by atoms with Crippen LogP contribution in [0.15, 0.2) is 36.4 Å². The quantitative estimate of drug-likeness (QED) is 0.142. The summed E-state index contributed by atoms with van der Waals surface area (Å²) < 4.78 is 5.31. The molecular formula is C27H44O3. The lowest BCUT2D eigenvalue weighted by Gasteiger charge is -2.05. The van der Waals surface area contributed by atoms with Crippen LogP contribution in [-0.2, 0) is 16.0 Å². The van der Waals surface area contributed by atoms with Crippen molar-refractivity contribution in [1.29, 1.82) is 0 Å². The van der Waals surface area contributed by atoms with E-state index < -0.39 is 0 Å². The number of phenolic OH excluding ortho intramolecular Hbond substituents is 1. The fourth-order valence-corrected chi connectivity index (χ4v) is 3.54. The molecule has 0 aliphatic rings. The van der Waals surface area contributed by atoms with Crippen molar-refractivity contribution in [3.05, 3.63) is 42.0 Å². The van der Waals surface area contributed by atoms with Gasteiger partial charge in [0.1, 0.15) is 5.75 Å². The van der Waals surface area contributed by atoms with E-state index in [2.05, 4.69) is 19.1 Å². The lowest BCUT2D eigenvalue weighted by atomic mass is 10.1. The van der Waals surface area contributed by atoms with Gasteiger partial charge in [-0.2, -0.15) is 0 Å². The first-order chi connectivity index (χ1) is 14.7. The summed E-state index contributed by atoms with van der Waals surface area (Å²) in [5, 5.41) is 9.26. The van der Waals surface area contributed by atoms with Gasteiger partial charge in [-0.05, 0) is 62.6 Å². The van der Waals surface area contributed by atoms with Crippen LogP contribution in [0.3, 0.4) is 0 Å². The van der Waals surface area contributed by atoms with Gasteiger partial charge in [-0.25, -0.2) is 0 Å². The number of carbonyl (C=O) groups excluding carboxylic acids is 1. The normalized spacial score (nSPS) is 11.2. The average Bonchev–Trinajstić information content (AvgIpc) is 2.75. The molecule has 0 atom stereocenters. The minimum absolute atomic E-state index is 0.0710. The van der Waals surface area contributed by atoms with Crippen molar-refractivity contribution in [2.45, 2.75) is 110 Å². The van der Waals surface area contributed by atoms with E-state index in [-0.39, 0.29) is 11.7 Å². The van der Waals surface area contributed by atoms with Crippen LogP contribution in [0.2, 0.25) is 0 Å². The third-order valence-electron chi connectivity index (χ3n) is 5.45. The Morgan fingerprint density at radius 2 is 1.37 bits per heavy atom. The Bertz CT molecular complexity index is 548. The van der Waals surface area contributed by atoms with Crippen LogP contribution in [0.5, 0.6) is 5.75 Å². The number of aromatic hydroxyl groups is 1. The molecule has 0 aromatic heterocycles. The third-order valence-corrected chi connectivity index (χ3v) is 5.45. The fraction of sp³-hybridized carbons (Fsp3) is 0.667. The van der Waals surface area contributed by atoms with E-state index in [4.69, 9.17) is 4.74 Å². The predicted molar refractivity (Wildman–Crippen MR) is 127 cm³/mol. The van der Waals surface area contributed by atoms with Gasteiger partial charge in [0, 0.05) is 6.42 Å². The Hall–Kier alpha value is -1.77. The van der Waals surface area contributed by atoms with Gasteiger partial charge in [0.05, 0.1) is 6.61 Å². The molecule has 0 saturated heterocycles. The molecule has 3 heteroatoms. The van der Waals surface area contributed by atoms with Crippen LogP contribution in [-0.4, -0.2) is 17.7 Å². The number of ether oxygens (including phenoxy) is 1. The van der Waals surface area contributed by atoms with E-state index in [9.17, 15) is 9.90 Å². The molecule has 1 rings (SSSR count). The Morgan fingerprint density at radius 1 is 0.800 bits per heavy atom. The summed E-state index contributed by atoms with van der Waals surface area (Å²) in [6.45, 7) is 2.74. The Kier molecular flexibility index (Phi) is 16.8. The second kappa shape index (κ2) is 19.2. The molecule has 0 radical (unpaired) electrons. The van der Waals surface area contributed by atoms with E-state index in [1.807, 2.05) is 12.1 Å². The van der Waals surface area contributed by atoms with Crippen LogP contribution in [0.4, 0.5) is 0 Å². The number of allylic oxidation sites excluding steroid dienone is 2. The molecule has 0 unspecified atom stereocenters. The summed E-state index contributed by atoms with van der Waals surface area (Å²) >= 11 is 0. The Morgan fingerprint density at radius 3 is 2.00 bits per heavy atom. The van der Waals surface area contributed by atoms with Crippen molar-refractivity contribution in [2.24, 2.45) is 0 Å². The molecule has 3 nitrogen and oxygen atoms in total. The second-order valence-corrected chi connectivity index (χ2v) is 8.32. The van der Waals surface area contributed by atoms with E-state index in [1.165, 1.54) is 70.6 Å². The molecule has 0 amide bonds. The first-order valence-electron chi connectivity index (χ1n) is 12.3. The SMILES string of the molecule is CCCCCCCCC=CCCCCCCCC(=O)OCCCc1ccc(O)cc1. The second-order valence-electron chi connectivity index (χ2n) is 8.32. The number of rotatable bonds is 19. The van der Waals surface area contributed by atoms with Crippen molar-refractivity contribution in [3.8, 4) is 5.75 Å². The smallest absolute Gasteiger partial charge is 0.305 e. The number of aryl methyl sites for hydroxylation is 1. The molecular weight excluding hydrogens is 372 g/mol. The maximum absolute atomic E-state index is 11.8. The average molecular weight is 417 g/mol. The number of unbranched alkanes of at least 4 members (excludes halogenated alkanes) is 11. The van der Waals surface area contributed by atoms with Gasteiger partial charge in [0.2, 0.25) is 0 Å². The number of esters is 1. The van der Waals surface area contributed by atoms with Gasteiger partial charge in [-0.15, -0.1) is 0 Å². The maximum atomic E-state index is 11.8. The lowest BCUT2D eigenvalue weighted by Crippen LogP contribution is -2.06. The van der Waals surface area contributed by atoms with Crippen molar-refractivity contribution in [3.63, 3.8) is 0 Å². The summed E-state index contributed by atoms with van der Waals surface area (Å²) in [6.07, 6.45) is 23.4. The van der Waals surface area contributed by atoms with Gasteiger partial charge in [-0.1, -0.05) is 82.6 Å². The molecule has 0 aliphatic carbocycles. The van der Waals surface area contributed by atoms with Crippen molar-refractivity contribution in [1.82, 2.24) is 0 Å². The zero-order valence-corrected chi connectivity index (χ0v) is 19.2. The van der Waals surface area contributed by atoms with E-state index in [1.54, 1.807) is 12.1 Å². The van der Waals surface area contributed by atoms with Crippen molar-refractivity contribution < 1.29 is 14.6 Å². The van der Waals surface area contributed by atoms with Gasteiger partial charge >= 0.3 is 5.97 Å². The molecule has 0 heterocycles. The highest BCUT2D eigenvalue weighted by atomic mass is 16.5. The standard InChI is InChI=1S/C27H44O3/c1-2-3-4-5-6-7-8-9-10-11-12-13-14-15-16-19-27(29)30-24-17-18-25-20-22-26(28)23-21-25/h9-10,20-23,28H,2-8,11-19,24H2,1H3. The van der Waals surface area contributed by atoms with Crippen LogP contribution >= 0.6 is 0 Å². The Labute approximate surface area is 184 Å². The molecule has 0 spiro atoms. The third kappa shape index (κ3) is 16.1. The zero-order chi connectivity index (χ0) is 21.7.